The van der Waals surface area contributed by atoms with Gasteiger partial charge in [-0.3, -0.25) is 19.4 Å². The first-order valence-corrected chi connectivity index (χ1v) is 12.5. The topological polar surface area (TPSA) is 75.2 Å². The van der Waals surface area contributed by atoms with Crippen LogP contribution in [-0.2, 0) is 14.3 Å². The highest BCUT2D eigenvalue weighted by Gasteiger charge is 2.33. The van der Waals surface area contributed by atoms with E-state index in [1.54, 1.807) is 13.3 Å². The fourth-order valence-corrected chi connectivity index (χ4v) is 5.16. The molecule has 2 aromatic rings. The Morgan fingerprint density at radius 1 is 0.943 bits per heavy atom. The third-order valence-corrected chi connectivity index (χ3v) is 7.24. The number of amides is 1. The van der Waals surface area contributed by atoms with Crippen molar-refractivity contribution in [2.24, 2.45) is 11.8 Å². The van der Waals surface area contributed by atoms with Gasteiger partial charge in [-0.15, -0.1) is 0 Å². The summed E-state index contributed by atoms with van der Waals surface area (Å²) in [7, 11) is 3.14. The number of esters is 1. The number of para-hydroxylation sites is 2. The van der Waals surface area contributed by atoms with Crippen molar-refractivity contribution in [3.63, 3.8) is 0 Å². The number of ether oxygens (including phenoxy) is 2. The molecule has 4 rings (SSSR count). The molecule has 1 aromatic heterocycles. The van der Waals surface area contributed by atoms with Crippen LogP contribution in [0.25, 0.3) is 0 Å². The van der Waals surface area contributed by atoms with Crippen LogP contribution in [0.4, 0.5) is 11.5 Å². The number of hydrogen-bond donors (Lipinski definition) is 0. The van der Waals surface area contributed by atoms with Crippen LogP contribution in [0.5, 0.6) is 5.75 Å². The normalized spacial score (nSPS) is 20.8. The Morgan fingerprint density at radius 2 is 1.63 bits per heavy atom. The number of carbonyl (C=O) groups is 2. The van der Waals surface area contributed by atoms with Crippen LogP contribution >= 0.6 is 0 Å². The zero-order chi connectivity index (χ0) is 24.6. The summed E-state index contributed by atoms with van der Waals surface area (Å²) < 4.78 is 10.4. The second-order valence-electron chi connectivity index (χ2n) is 9.25. The van der Waals surface area contributed by atoms with Gasteiger partial charge in [-0.1, -0.05) is 18.2 Å². The zero-order valence-electron chi connectivity index (χ0n) is 20.8. The molecular weight excluding hydrogens is 444 g/mol. The minimum atomic E-state index is -0.162. The Kier molecular flexibility index (Phi) is 8.58. The summed E-state index contributed by atoms with van der Waals surface area (Å²) in [4.78, 5) is 36.5. The van der Waals surface area contributed by atoms with Crippen molar-refractivity contribution in [3.8, 4) is 5.75 Å². The lowest BCUT2D eigenvalue weighted by Gasteiger charge is -2.38. The van der Waals surface area contributed by atoms with Crippen LogP contribution in [0.1, 0.15) is 25.7 Å². The lowest BCUT2D eigenvalue weighted by atomic mass is 9.81. The Hall–Kier alpha value is -3.13. The van der Waals surface area contributed by atoms with Crippen LogP contribution < -0.4 is 14.5 Å². The van der Waals surface area contributed by atoms with Gasteiger partial charge in [-0.25, -0.2) is 4.98 Å². The SMILES string of the molecule is COc1ccccc1N1CCN(CCN(c2ccccn2)C(=O)[C@H]2CC[C@@H](C(=O)OC)CC2)CC1. The number of methoxy groups -OCH3 is 2. The highest BCUT2D eigenvalue weighted by atomic mass is 16.5. The summed E-state index contributed by atoms with van der Waals surface area (Å²) >= 11 is 0. The van der Waals surface area contributed by atoms with Gasteiger partial charge in [0.1, 0.15) is 11.6 Å². The van der Waals surface area contributed by atoms with Gasteiger partial charge in [0.15, 0.2) is 0 Å². The maximum atomic E-state index is 13.6. The van der Waals surface area contributed by atoms with Gasteiger partial charge in [0.2, 0.25) is 5.91 Å². The molecule has 0 spiro atoms. The van der Waals surface area contributed by atoms with E-state index in [-0.39, 0.29) is 23.7 Å². The maximum absolute atomic E-state index is 13.6. The van der Waals surface area contributed by atoms with Gasteiger partial charge in [-0.2, -0.15) is 0 Å². The molecule has 35 heavy (non-hydrogen) atoms. The average molecular weight is 481 g/mol. The number of hydrogen-bond acceptors (Lipinski definition) is 7. The number of rotatable bonds is 8. The molecule has 2 fully saturated rings. The van der Waals surface area contributed by atoms with E-state index in [1.165, 1.54) is 7.11 Å². The van der Waals surface area contributed by atoms with E-state index in [0.717, 1.165) is 44.2 Å². The molecule has 0 N–H and O–H groups in total. The van der Waals surface area contributed by atoms with Crippen molar-refractivity contribution in [1.29, 1.82) is 0 Å². The minimum absolute atomic E-state index is 0.0831. The highest BCUT2D eigenvalue weighted by molar-refractivity contribution is 5.94. The molecule has 8 heteroatoms. The number of piperazine rings is 1. The monoisotopic (exact) mass is 480 g/mol. The molecule has 188 valence electrons. The molecule has 1 aliphatic carbocycles. The Morgan fingerprint density at radius 3 is 2.29 bits per heavy atom. The van der Waals surface area contributed by atoms with Crippen LogP contribution in [0.15, 0.2) is 48.7 Å². The fourth-order valence-electron chi connectivity index (χ4n) is 5.16. The highest BCUT2D eigenvalue weighted by Crippen LogP contribution is 2.32. The molecule has 1 saturated carbocycles. The number of anilines is 2. The second kappa shape index (κ2) is 12.0. The first-order chi connectivity index (χ1) is 17.1. The quantitative estimate of drug-likeness (QED) is 0.537. The number of benzene rings is 1. The molecule has 0 unspecified atom stereocenters. The van der Waals surface area contributed by atoms with Crippen LogP contribution in [-0.4, -0.2) is 75.2 Å². The molecule has 1 saturated heterocycles. The van der Waals surface area contributed by atoms with Crippen molar-refractivity contribution in [2.45, 2.75) is 25.7 Å². The van der Waals surface area contributed by atoms with Gasteiger partial charge in [-0.05, 0) is 49.9 Å². The first kappa shape index (κ1) is 25.0. The van der Waals surface area contributed by atoms with Gasteiger partial charge in [0.05, 0.1) is 25.8 Å². The second-order valence-corrected chi connectivity index (χ2v) is 9.25. The number of carbonyl (C=O) groups excluding carboxylic acids is 2. The molecule has 0 radical (unpaired) electrons. The zero-order valence-corrected chi connectivity index (χ0v) is 20.8. The molecule has 1 aromatic carbocycles. The molecule has 1 amide bonds. The predicted octanol–water partition coefficient (Wildman–Crippen LogP) is 3.22. The van der Waals surface area contributed by atoms with E-state index >= 15 is 0 Å². The van der Waals surface area contributed by atoms with E-state index in [0.29, 0.717) is 38.0 Å². The lowest BCUT2D eigenvalue weighted by Crippen LogP contribution is -2.50. The minimum Gasteiger partial charge on any atom is -0.495 e. The third kappa shape index (κ3) is 6.11. The van der Waals surface area contributed by atoms with Gasteiger partial charge >= 0.3 is 5.97 Å². The van der Waals surface area contributed by atoms with E-state index < -0.39 is 0 Å². The molecule has 0 bridgehead atoms. The Balaban J connectivity index is 1.35. The molecule has 8 nitrogen and oxygen atoms in total. The van der Waals surface area contributed by atoms with Crippen LogP contribution in [0, 0.1) is 11.8 Å². The molecule has 2 aliphatic rings. The smallest absolute Gasteiger partial charge is 0.308 e. The van der Waals surface area contributed by atoms with Crippen molar-refractivity contribution >= 4 is 23.4 Å². The molecular formula is C27H36N4O4. The van der Waals surface area contributed by atoms with Crippen molar-refractivity contribution in [2.75, 3.05) is 63.3 Å². The van der Waals surface area contributed by atoms with Crippen molar-refractivity contribution < 1.29 is 19.1 Å². The Labute approximate surface area is 207 Å². The Bertz CT molecular complexity index is 970. The molecule has 1 aliphatic heterocycles. The van der Waals surface area contributed by atoms with Crippen LogP contribution in [0.2, 0.25) is 0 Å². The third-order valence-electron chi connectivity index (χ3n) is 7.24. The van der Waals surface area contributed by atoms with Gasteiger partial charge in [0, 0.05) is 51.4 Å². The van der Waals surface area contributed by atoms with E-state index in [2.05, 4.69) is 20.9 Å². The van der Waals surface area contributed by atoms with Crippen LogP contribution in [0.3, 0.4) is 0 Å². The molecule has 0 atom stereocenters. The average Bonchev–Trinajstić information content (AvgIpc) is 2.93. The van der Waals surface area contributed by atoms with E-state index in [9.17, 15) is 9.59 Å². The lowest BCUT2D eigenvalue weighted by molar-refractivity contribution is -0.147. The van der Waals surface area contributed by atoms with Gasteiger partial charge < -0.3 is 14.4 Å². The number of aromatic nitrogens is 1. The number of pyridine rings is 1. The summed E-state index contributed by atoms with van der Waals surface area (Å²) in [5.74, 6) is 1.37. The largest absolute Gasteiger partial charge is 0.495 e. The molecule has 2 heterocycles. The van der Waals surface area contributed by atoms with Gasteiger partial charge in [0.25, 0.3) is 0 Å². The summed E-state index contributed by atoms with van der Waals surface area (Å²) in [5.41, 5.74) is 1.13. The predicted molar refractivity (Wildman–Crippen MR) is 136 cm³/mol. The fraction of sp³-hybridized carbons (Fsp3) is 0.519. The number of nitrogens with zero attached hydrogens (tertiary/aromatic N) is 4. The van der Waals surface area contributed by atoms with Crippen molar-refractivity contribution in [3.05, 3.63) is 48.7 Å². The summed E-state index contributed by atoms with van der Waals surface area (Å²) in [6.45, 7) is 5.06. The summed E-state index contributed by atoms with van der Waals surface area (Å²) in [6, 6.07) is 13.8. The van der Waals surface area contributed by atoms with E-state index in [1.807, 2.05) is 41.3 Å². The first-order valence-electron chi connectivity index (χ1n) is 12.5. The van der Waals surface area contributed by atoms with Crippen molar-refractivity contribution in [1.82, 2.24) is 9.88 Å². The maximum Gasteiger partial charge on any atom is 0.308 e. The standard InChI is InChI=1S/C27H36N4O4/c1-34-24-8-4-3-7-23(24)30-18-15-29(16-19-30)17-20-31(25-9-5-6-14-28-25)26(32)21-10-12-22(13-11-21)27(33)35-2/h3-9,14,21-22H,10-13,15-20H2,1-2H3/t21-,22+. The van der Waals surface area contributed by atoms with E-state index in [4.69, 9.17) is 9.47 Å². The summed E-state index contributed by atoms with van der Waals surface area (Å²) in [5, 5.41) is 0. The summed E-state index contributed by atoms with van der Waals surface area (Å²) in [6.07, 6.45) is 4.54.